The molecular formula is C12H12BrN3O. The molecule has 2 aromatic heterocycles. The highest BCUT2D eigenvalue weighted by Gasteiger charge is 2.11. The lowest BCUT2D eigenvalue weighted by Crippen LogP contribution is -2.02. The molecule has 2 rings (SSSR count). The van der Waals surface area contributed by atoms with Gasteiger partial charge in [-0.05, 0) is 41.9 Å². The van der Waals surface area contributed by atoms with Crippen molar-refractivity contribution in [3.63, 3.8) is 0 Å². The van der Waals surface area contributed by atoms with Gasteiger partial charge in [-0.3, -0.25) is 4.98 Å². The molecule has 0 aliphatic rings. The number of hydrogen-bond donors (Lipinski definition) is 1. The van der Waals surface area contributed by atoms with Gasteiger partial charge in [-0.2, -0.15) is 0 Å². The number of aliphatic hydroxyl groups is 1. The van der Waals surface area contributed by atoms with Crippen LogP contribution in [0.15, 0.2) is 29.0 Å². The maximum atomic E-state index is 9.52. The molecular weight excluding hydrogens is 282 g/mol. The molecule has 0 spiro atoms. The van der Waals surface area contributed by atoms with E-state index in [9.17, 15) is 5.11 Å². The Balaban J connectivity index is 2.49. The summed E-state index contributed by atoms with van der Waals surface area (Å²) >= 11 is 3.41. The van der Waals surface area contributed by atoms with Gasteiger partial charge in [-0.25, -0.2) is 9.97 Å². The first-order chi connectivity index (χ1) is 8.09. The zero-order valence-electron chi connectivity index (χ0n) is 9.55. The fourth-order valence-electron chi connectivity index (χ4n) is 1.55. The number of nitrogens with zero attached hydrogens (tertiary/aromatic N) is 3. The van der Waals surface area contributed by atoms with Gasteiger partial charge in [0.1, 0.15) is 5.69 Å². The molecule has 4 nitrogen and oxygen atoms in total. The van der Waals surface area contributed by atoms with E-state index in [2.05, 4.69) is 30.9 Å². The lowest BCUT2D eigenvalue weighted by atomic mass is 10.1. The van der Waals surface area contributed by atoms with Crippen molar-refractivity contribution in [1.29, 1.82) is 0 Å². The predicted molar refractivity (Wildman–Crippen MR) is 68.3 cm³/mol. The van der Waals surface area contributed by atoms with E-state index in [1.807, 2.05) is 19.1 Å². The van der Waals surface area contributed by atoms with Crippen LogP contribution in [0.25, 0.3) is 11.5 Å². The molecule has 0 unspecified atom stereocenters. The zero-order valence-corrected chi connectivity index (χ0v) is 11.1. The molecule has 2 aromatic rings. The van der Waals surface area contributed by atoms with Crippen LogP contribution in [0, 0.1) is 6.92 Å². The van der Waals surface area contributed by atoms with Gasteiger partial charge in [0.25, 0.3) is 0 Å². The monoisotopic (exact) mass is 293 g/mol. The standard InChI is InChI=1S/C12H12BrN3O/c1-7-9(8(2)17)6-15-12(16-7)11-10(13)4-3-5-14-11/h3-6,8,17H,1-2H3/t8-/m0/s1. The average Bonchev–Trinajstić information content (AvgIpc) is 2.29. The van der Waals surface area contributed by atoms with Gasteiger partial charge < -0.3 is 5.11 Å². The Morgan fingerprint density at radius 1 is 1.35 bits per heavy atom. The topological polar surface area (TPSA) is 58.9 Å². The lowest BCUT2D eigenvalue weighted by molar-refractivity contribution is 0.197. The van der Waals surface area contributed by atoms with Crippen molar-refractivity contribution in [2.75, 3.05) is 0 Å². The summed E-state index contributed by atoms with van der Waals surface area (Å²) in [6.07, 6.45) is 2.78. The number of aryl methyl sites for hydroxylation is 1. The fourth-order valence-corrected chi connectivity index (χ4v) is 1.98. The third kappa shape index (κ3) is 2.50. The van der Waals surface area contributed by atoms with E-state index in [1.165, 1.54) is 0 Å². The minimum absolute atomic E-state index is 0.555. The van der Waals surface area contributed by atoms with Crippen molar-refractivity contribution in [3.8, 4) is 11.5 Å². The normalized spacial score (nSPS) is 12.5. The van der Waals surface area contributed by atoms with Crippen LogP contribution in [-0.4, -0.2) is 20.1 Å². The number of halogens is 1. The van der Waals surface area contributed by atoms with Crippen LogP contribution in [0.4, 0.5) is 0 Å². The van der Waals surface area contributed by atoms with Crippen LogP contribution in [0.3, 0.4) is 0 Å². The predicted octanol–water partition coefficient (Wildman–Crippen LogP) is 2.66. The smallest absolute Gasteiger partial charge is 0.179 e. The first kappa shape index (κ1) is 12.1. The van der Waals surface area contributed by atoms with E-state index in [0.717, 1.165) is 15.7 Å². The summed E-state index contributed by atoms with van der Waals surface area (Å²) in [6.45, 7) is 3.55. The lowest BCUT2D eigenvalue weighted by Gasteiger charge is -2.09. The third-order valence-electron chi connectivity index (χ3n) is 2.44. The number of rotatable bonds is 2. The van der Waals surface area contributed by atoms with Gasteiger partial charge >= 0.3 is 0 Å². The molecule has 0 amide bonds. The van der Waals surface area contributed by atoms with E-state index in [0.29, 0.717) is 11.5 Å². The molecule has 0 aromatic carbocycles. The summed E-state index contributed by atoms with van der Waals surface area (Å²) in [5.41, 5.74) is 2.20. The highest BCUT2D eigenvalue weighted by Crippen LogP contribution is 2.24. The Bertz CT molecular complexity index is 543. The highest BCUT2D eigenvalue weighted by atomic mass is 79.9. The van der Waals surface area contributed by atoms with Gasteiger partial charge in [-0.15, -0.1) is 0 Å². The van der Waals surface area contributed by atoms with E-state index in [4.69, 9.17) is 0 Å². The van der Waals surface area contributed by atoms with Crippen LogP contribution in [-0.2, 0) is 0 Å². The van der Waals surface area contributed by atoms with Gasteiger partial charge in [0, 0.05) is 28.1 Å². The summed E-state index contributed by atoms with van der Waals surface area (Å²) in [7, 11) is 0. The molecule has 1 N–H and O–H groups in total. The molecule has 5 heteroatoms. The Labute approximate surface area is 108 Å². The Kier molecular flexibility index (Phi) is 3.49. The molecule has 0 radical (unpaired) electrons. The summed E-state index contributed by atoms with van der Waals surface area (Å²) in [6, 6.07) is 3.73. The van der Waals surface area contributed by atoms with Crippen LogP contribution < -0.4 is 0 Å². The van der Waals surface area contributed by atoms with Crippen molar-refractivity contribution in [1.82, 2.24) is 15.0 Å². The fraction of sp³-hybridized carbons (Fsp3) is 0.250. The maximum absolute atomic E-state index is 9.52. The van der Waals surface area contributed by atoms with Crippen molar-refractivity contribution in [3.05, 3.63) is 40.3 Å². The molecule has 17 heavy (non-hydrogen) atoms. The third-order valence-corrected chi connectivity index (χ3v) is 3.08. The molecule has 0 saturated heterocycles. The number of hydrogen-bond acceptors (Lipinski definition) is 4. The van der Waals surface area contributed by atoms with E-state index < -0.39 is 6.10 Å². The largest absolute Gasteiger partial charge is 0.389 e. The number of aliphatic hydroxyl groups excluding tert-OH is 1. The maximum Gasteiger partial charge on any atom is 0.179 e. The molecule has 0 bridgehead atoms. The van der Waals surface area contributed by atoms with Crippen molar-refractivity contribution >= 4 is 15.9 Å². The summed E-state index contributed by atoms with van der Waals surface area (Å²) < 4.78 is 0.851. The van der Waals surface area contributed by atoms with Crippen molar-refractivity contribution in [2.24, 2.45) is 0 Å². The van der Waals surface area contributed by atoms with Gasteiger partial charge in [0.05, 0.1) is 6.10 Å². The van der Waals surface area contributed by atoms with Gasteiger partial charge in [0.2, 0.25) is 0 Å². The van der Waals surface area contributed by atoms with Gasteiger partial charge in [0.15, 0.2) is 5.82 Å². The van der Waals surface area contributed by atoms with Crippen molar-refractivity contribution in [2.45, 2.75) is 20.0 Å². The first-order valence-electron chi connectivity index (χ1n) is 5.22. The summed E-state index contributed by atoms with van der Waals surface area (Å²) in [4.78, 5) is 12.8. The van der Waals surface area contributed by atoms with E-state index >= 15 is 0 Å². The van der Waals surface area contributed by atoms with Crippen LogP contribution in [0.2, 0.25) is 0 Å². The molecule has 88 valence electrons. The Morgan fingerprint density at radius 3 is 2.71 bits per heavy atom. The second-order valence-corrected chi connectivity index (χ2v) is 4.60. The Hall–Kier alpha value is -1.33. The second kappa shape index (κ2) is 4.89. The minimum Gasteiger partial charge on any atom is -0.389 e. The SMILES string of the molecule is Cc1nc(-c2ncccc2Br)ncc1[C@H](C)O. The molecule has 1 atom stereocenters. The molecule has 0 aliphatic heterocycles. The minimum atomic E-state index is -0.559. The second-order valence-electron chi connectivity index (χ2n) is 3.74. The van der Waals surface area contributed by atoms with E-state index in [-0.39, 0.29) is 0 Å². The first-order valence-corrected chi connectivity index (χ1v) is 6.01. The van der Waals surface area contributed by atoms with Crippen molar-refractivity contribution < 1.29 is 5.11 Å². The molecule has 2 heterocycles. The van der Waals surface area contributed by atoms with Crippen LogP contribution in [0.1, 0.15) is 24.3 Å². The molecule has 0 saturated carbocycles. The van der Waals surface area contributed by atoms with Gasteiger partial charge in [-0.1, -0.05) is 0 Å². The molecule has 0 fully saturated rings. The average molecular weight is 294 g/mol. The van der Waals surface area contributed by atoms with Crippen LogP contribution >= 0.6 is 15.9 Å². The quantitative estimate of drug-likeness (QED) is 0.925. The summed E-state index contributed by atoms with van der Waals surface area (Å²) in [5.74, 6) is 0.555. The number of aromatic nitrogens is 3. The number of pyridine rings is 1. The zero-order chi connectivity index (χ0) is 12.4. The summed E-state index contributed by atoms with van der Waals surface area (Å²) in [5, 5.41) is 9.52. The highest BCUT2D eigenvalue weighted by molar-refractivity contribution is 9.10. The van der Waals surface area contributed by atoms with E-state index in [1.54, 1.807) is 19.3 Å². The Morgan fingerprint density at radius 2 is 2.12 bits per heavy atom. The van der Waals surface area contributed by atoms with Crippen LogP contribution in [0.5, 0.6) is 0 Å². The molecule has 0 aliphatic carbocycles.